The van der Waals surface area contributed by atoms with Crippen LogP contribution in [0.3, 0.4) is 0 Å². The number of alkyl halides is 6. The quantitative estimate of drug-likeness (QED) is 0.240. The Morgan fingerprint density at radius 3 is 1.74 bits per heavy atom. The fourth-order valence-corrected chi connectivity index (χ4v) is 1.74. The summed E-state index contributed by atoms with van der Waals surface area (Å²) in [5.74, 6) is -0.477. The van der Waals surface area contributed by atoms with E-state index in [9.17, 15) is 26.3 Å². The maximum absolute atomic E-state index is 12.5. The van der Waals surface area contributed by atoms with Gasteiger partial charge in [-0.2, -0.15) is 31.6 Å². The number of azo groups is 1. The Balaban J connectivity index is 2.06. The molecule has 0 radical (unpaired) electrons. The number of nitrogens with zero attached hydrogens (tertiary/aromatic N) is 4. The average molecular weight is 385 g/mol. The maximum atomic E-state index is 12.5. The number of hydrazone groups is 1. The second kappa shape index (κ2) is 7.86. The molecule has 0 fully saturated rings. The van der Waals surface area contributed by atoms with Crippen molar-refractivity contribution in [2.24, 2.45) is 15.3 Å². The van der Waals surface area contributed by atoms with Crippen LogP contribution in [0.2, 0.25) is 0 Å². The van der Waals surface area contributed by atoms with Gasteiger partial charge in [-0.15, -0.1) is 15.3 Å². The van der Waals surface area contributed by atoms with Gasteiger partial charge in [-0.1, -0.05) is 0 Å². The van der Waals surface area contributed by atoms with E-state index in [0.29, 0.717) is 0 Å². The van der Waals surface area contributed by atoms with Crippen LogP contribution in [0.25, 0.3) is 0 Å². The first-order valence-corrected chi connectivity index (χ1v) is 7.09. The first kappa shape index (κ1) is 19.9. The minimum Gasteiger partial charge on any atom is -0.276 e. The van der Waals surface area contributed by atoms with E-state index in [0.717, 1.165) is 48.5 Å². The fraction of sp³-hybridized carbons (Fsp3) is 0.125. The third-order valence-electron chi connectivity index (χ3n) is 3.06. The first-order valence-electron chi connectivity index (χ1n) is 7.09. The molecule has 0 heterocycles. The largest absolute Gasteiger partial charge is 0.416 e. The topological polar surface area (TPSA) is 72.9 Å². The van der Waals surface area contributed by atoms with E-state index in [4.69, 9.17) is 5.26 Å². The molecule has 0 aliphatic carbocycles. The highest BCUT2D eigenvalue weighted by molar-refractivity contribution is 5.97. The summed E-state index contributed by atoms with van der Waals surface area (Å²) in [5.41, 5.74) is 0.849. The molecule has 5 nitrogen and oxygen atoms in total. The zero-order chi connectivity index (χ0) is 20.1. The fourth-order valence-electron chi connectivity index (χ4n) is 1.74. The van der Waals surface area contributed by atoms with Crippen molar-refractivity contribution in [1.29, 1.82) is 5.26 Å². The highest BCUT2D eigenvalue weighted by Crippen LogP contribution is 2.31. The molecule has 2 aromatic carbocycles. The summed E-state index contributed by atoms with van der Waals surface area (Å²) in [6.07, 6.45) is -8.96. The summed E-state index contributed by atoms with van der Waals surface area (Å²) in [7, 11) is 0. The van der Waals surface area contributed by atoms with Crippen molar-refractivity contribution in [3.8, 4) is 6.07 Å². The summed E-state index contributed by atoms with van der Waals surface area (Å²) in [6.45, 7) is 0. The average Bonchev–Trinajstić information content (AvgIpc) is 2.61. The summed E-state index contributed by atoms with van der Waals surface area (Å²) >= 11 is 0. The number of anilines is 1. The summed E-state index contributed by atoms with van der Waals surface area (Å²) in [6, 6.07) is 9.17. The number of halogens is 6. The Bertz CT molecular complexity index is 874. The molecule has 1 N–H and O–H groups in total. The van der Waals surface area contributed by atoms with Crippen molar-refractivity contribution in [3.63, 3.8) is 0 Å². The molecule has 0 aliphatic heterocycles. The molecule has 0 aromatic heterocycles. The van der Waals surface area contributed by atoms with E-state index in [2.05, 4.69) is 20.8 Å². The number of amidine groups is 1. The zero-order valence-electron chi connectivity index (χ0n) is 13.2. The smallest absolute Gasteiger partial charge is 0.276 e. The Labute approximate surface area is 148 Å². The van der Waals surface area contributed by atoms with Gasteiger partial charge in [0, 0.05) is 0 Å². The molecule has 0 unspecified atom stereocenters. The molecule has 11 heteroatoms. The minimum absolute atomic E-state index is 0.0560. The Morgan fingerprint density at radius 2 is 1.30 bits per heavy atom. The Hall–Kier alpha value is -3.42. The lowest BCUT2D eigenvalue weighted by atomic mass is 10.2. The molecule has 0 atom stereocenters. The van der Waals surface area contributed by atoms with Crippen molar-refractivity contribution < 1.29 is 26.3 Å². The van der Waals surface area contributed by atoms with E-state index in [-0.39, 0.29) is 11.4 Å². The molecular formula is C16H9F6N5. The monoisotopic (exact) mass is 385 g/mol. The highest BCUT2D eigenvalue weighted by atomic mass is 19.4. The number of benzene rings is 2. The van der Waals surface area contributed by atoms with Crippen LogP contribution in [0.15, 0.2) is 63.9 Å². The van der Waals surface area contributed by atoms with Crippen LogP contribution < -0.4 is 5.43 Å². The second-order valence-corrected chi connectivity index (χ2v) is 4.98. The molecule has 0 amide bonds. The van der Waals surface area contributed by atoms with Gasteiger partial charge in [0.1, 0.15) is 6.07 Å². The van der Waals surface area contributed by atoms with E-state index in [1.807, 2.05) is 0 Å². The summed E-state index contributed by atoms with van der Waals surface area (Å²) in [5, 5.41) is 19.5. The number of hydrogen-bond donors (Lipinski definition) is 1. The summed E-state index contributed by atoms with van der Waals surface area (Å²) < 4.78 is 74.7. The molecule has 0 bridgehead atoms. The maximum Gasteiger partial charge on any atom is 0.416 e. The van der Waals surface area contributed by atoms with Crippen LogP contribution in [0.5, 0.6) is 0 Å². The lowest BCUT2D eigenvalue weighted by molar-refractivity contribution is -0.138. The first-order chi connectivity index (χ1) is 12.6. The number of nitrogens with one attached hydrogen (secondary N) is 1. The molecule has 27 heavy (non-hydrogen) atoms. The second-order valence-electron chi connectivity index (χ2n) is 4.98. The Kier molecular flexibility index (Phi) is 5.79. The van der Waals surface area contributed by atoms with E-state index < -0.39 is 29.3 Å². The molecule has 0 saturated heterocycles. The molecule has 2 rings (SSSR count). The highest BCUT2D eigenvalue weighted by Gasteiger charge is 2.30. The molecule has 2 aromatic rings. The summed E-state index contributed by atoms with van der Waals surface area (Å²) in [4.78, 5) is 0. The van der Waals surface area contributed by atoms with Gasteiger partial charge in [0.2, 0.25) is 0 Å². The van der Waals surface area contributed by atoms with Crippen molar-refractivity contribution in [2.45, 2.75) is 12.4 Å². The SMILES string of the molecule is N#C/C(N=Nc1ccc(C(F)(F)F)cc1)=N\Nc1ccc(C(F)(F)F)cc1. The van der Waals surface area contributed by atoms with Gasteiger partial charge >= 0.3 is 12.4 Å². The van der Waals surface area contributed by atoms with E-state index in [1.165, 1.54) is 0 Å². The van der Waals surface area contributed by atoms with Crippen LogP contribution in [-0.2, 0) is 12.4 Å². The van der Waals surface area contributed by atoms with Crippen LogP contribution in [0.1, 0.15) is 11.1 Å². The van der Waals surface area contributed by atoms with Gasteiger partial charge in [-0.25, -0.2) is 0 Å². The standard InChI is InChI=1S/C16H9F6N5/c17-15(18,19)10-1-5-12(6-2-10)24-26-14(9-23)27-25-13-7-3-11(4-8-13)16(20,21)22/h1-8,24H/b26-14+,27-25?. The number of nitriles is 1. The van der Waals surface area contributed by atoms with Gasteiger partial charge < -0.3 is 0 Å². The van der Waals surface area contributed by atoms with Crippen molar-refractivity contribution >= 4 is 17.2 Å². The molecule has 0 aliphatic rings. The van der Waals surface area contributed by atoms with Gasteiger partial charge in [0.05, 0.1) is 22.5 Å². The third kappa shape index (κ3) is 5.81. The third-order valence-corrected chi connectivity index (χ3v) is 3.06. The number of hydrogen-bond acceptors (Lipinski definition) is 4. The van der Waals surface area contributed by atoms with Gasteiger partial charge in [-0.3, -0.25) is 5.43 Å². The van der Waals surface area contributed by atoms with Crippen molar-refractivity contribution in [2.75, 3.05) is 5.43 Å². The lowest BCUT2D eigenvalue weighted by Crippen LogP contribution is -2.04. The van der Waals surface area contributed by atoms with Gasteiger partial charge in [0.25, 0.3) is 5.84 Å². The molecule has 140 valence electrons. The molecule has 0 spiro atoms. The lowest BCUT2D eigenvalue weighted by Gasteiger charge is -2.07. The number of rotatable bonds is 3. The molecule has 0 saturated carbocycles. The Morgan fingerprint density at radius 1 is 0.815 bits per heavy atom. The normalized spacial score (nSPS) is 12.9. The predicted molar refractivity (Wildman–Crippen MR) is 84.1 cm³/mol. The van der Waals surface area contributed by atoms with Crippen LogP contribution >= 0.6 is 0 Å². The molecular weight excluding hydrogens is 376 g/mol. The van der Waals surface area contributed by atoms with Crippen molar-refractivity contribution in [3.05, 3.63) is 59.7 Å². The van der Waals surface area contributed by atoms with E-state index in [1.54, 1.807) is 6.07 Å². The van der Waals surface area contributed by atoms with Crippen molar-refractivity contribution in [1.82, 2.24) is 0 Å². The predicted octanol–water partition coefficient (Wildman–Crippen LogP) is 5.76. The van der Waals surface area contributed by atoms with Gasteiger partial charge in [-0.05, 0) is 48.5 Å². The van der Waals surface area contributed by atoms with Crippen LogP contribution in [0.4, 0.5) is 37.7 Å². The van der Waals surface area contributed by atoms with Crippen LogP contribution in [0, 0.1) is 11.3 Å². The van der Waals surface area contributed by atoms with Crippen LogP contribution in [-0.4, -0.2) is 5.84 Å². The minimum atomic E-state index is -4.49. The van der Waals surface area contributed by atoms with E-state index >= 15 is 0 Å². The zero-order valence-corrected chi connectivity index (χ0v) is 13.2. The van der Waals surface area contributed by atoms with Gasteiger partial charge in [0.15, 0.2) is 0 Å².